The van der Waals surface area contributed by atoms with Gasteiger partial charge in [-0.25, -0.2) is 4.79 Å². The molecule has 0 saturated carbocycles. The highest BCUT2D eigenvalue weighted by Crippen LogP contribution is 2.34. The zero-order valence-electron chi connectivity index (χ0n) is 15.9. The number of carbonyl (C=O) groups is 2. The molecule has 28 heavy (non-hydrogen) atoms. The van der Waals surface area contributed by atoms with E-state index in [1.807, 2.05) is 24.3 Å². The lowest BCUT2D eigenvalue weighted by Gasteiger charge is -2.20. The topological polar surface area (TPSA) is 89.1 Å². The van der Waals surface area contributed by atoms with Crippen molar-refractivity contribution in [1.82, 2.24) is 10.2 Å². The molecule has 1 heterocycles. The summed E-state index contributed by atoms with van der Waals surface area (Å²) in [7, 11) is 3.04. The number of urea groups is 1. The summed E-state index contributed by atoms with van der Waals surface area (Å²) in [5.74, 6) is 1.56. The zero-order chi connectivity index (χ0) is 19.9. The minimum absolute atomic E-state index is 0.00970. The maximum atomic E-state index is 12.2. The molecule has 8 nitrogen and oxygen atoms in total. The van der Waals surface area contributed by atoms with E-state index in [1.54, 1.807) is 23.1 Å². The first-order valence-electron chi connectivity index (χ1n) is 8.86. The standard InChI is InChI=1S/C20H23N3O5/c1-26-17-9-5-7-15(19(17)27-2)22-20(25)21-10-11-23-12-14-6-3-4-8-16(14)28-13-18(23)24/h3-9H,10-13H2,1-2H3,(H2,21,22,25). The van der Waals surface area contributed by atoms with Crippen molar-refractivity contribution in [3.05, 3.63) is 48.0 Å². The van der Waals surface area contributed by atoms with Crippen LogP contribution in [0.25, 0.3) is 0 Å². The van der Waals surface area contributed by atoms with Crippen molar-refractivity contribution >= 4 is 17.6 Å². The monoisotopic (exact) mass is 385 g/mol. The highest BCUT2D eigenvalue weighted by molar-refractivity contribution is 5.91. The Balaban J connectivity index is 1.55. The third-order valence-electron chi connectivity index (χ3n) is 4.36. The first-order valence-corrected chi connectivity index (χ1v) is 8.86. The summed E-state index contributed by atoms with van der Waals surface area (Å²) in [5, 5.41) is 5.48. The number of nitrogens with one attached hydrogen (secondary N) is 2. The van der Waals surface area contributed by atoms with Gasteiger partial charge in [0.2, 0.25) is 0 Å². The lowest BCUT2D eigenvalue weighted by Crippen LogP contribution is -2.40. The molecule has 0 aliphatic carbocycles. The second-order valence-electron chi connectivity index (χ2n) is 6.13. The average Bonchev–Trinajstić information content (AvgIpc) is 2.87. The second kappa shape index (κ2) is 8.98. The van der Waals surface area contributed by atoms with Crippen LogP contribution < -0.4 is 24.8 Å². The Labute approximate surface area is 163 Å². The van der Waals surface area contributed by atoms with Crippen LogP contribution in [0.3, 0.4) is 0 Å². The zero-order valence-corrected chi connectivity index (χ0v) is 15.9. The van der Waals surface area contributed by atoms with E-state index >= 15 is 0 Å². The predicted octanol–water partition coefficient (Wildman–Crippen LogP) is 2.25. The number of carbonyl (C=O) groups excluding carboxylic acids is 2. The molecule has 0 bridgehead atoms. The number of anilines is 1. The Bertz CT molecular complexity index is 855. The maximum Gasteiger partial charge on any atom is 0.319 e. The Morgan fingerprint density at radius 2 is 1.96 bits per heavy atom. The second-order valence-corrected chi connectivity index (χ2v) is 6.13. The van der Waals surface area contributed by atoms with Crippen molar-refractivity contribution in [2.24, 2.45) is 0 Å². The van der Waals surface area contributed by atoms with Crippen LogP contribution in [0.1, 0.15) is 5.56 Å². The van der Waals surface area contributed by atoms with Crippen molar-refractivity contribution in [3.63, 3.8) is 0 Å². The third-order valence-corrected chi connectivity index (χ3v) is 4.36. The van der Waals surface area contributed by atoms with Gasteiger partial charge >= 0.3 is 6.03 Å². The van der Waals surface area contributed by atoms with Gasteiger partial charge in [0.15, 0.2) is 18.1 Å². The van der Waals surface area contributed by atoms with Gasteiger partial charge in [-0.15, -0.1) is 0 Å². The number of ether oxygens (including phenoxy) is 3. The van der Waals surface area contributed by atoms with E-state index < -0.39 is 6.03 Å². The Morgan fingerprint density at radius 3 is 2.75 bits per heavy atom. The van der Waals surface area contributed by atoms with Crippen molar-refractivity contribution in [3.8, 4) is 17.2 Å². The van der Waals surface area contributed by atoms with Gasteiger partial charge in [-0.1, -0.05) is 24.3 Å². The van der Waals surface area contributed by atoms with Gasteiger partial charge in [0.1, 0.15) is 5.75 Å². The number of rotatable bonds is 6. The fourth-order valence-corrected chi connectivity index (χ4v) is 2.96. The van der Waals surface area contributed by atoms with E-state index in [-0.39, 0.29) is 12.5 Å². The predicted molar refractivity (Wildman–Crippen MR) is 104 cm³/mol. The lowest BCUT2D eigenvalue weighted by atomic mass is 10.2. The molecule has 1 aliphatic rings. The number of para-hydroxylation sites is 2. The minimum atomic E-state index is -0.398. The number of fused-ring (bicyclic) bond motifs is 1. The number of benzene rings is 2. The Kier molecular flexibility index (Phi) is 6.21. The van der Waals surface area contributed by atoms with E-state index in [0.29, 0.717) is 42.6 Å². The van der Waals surface area contributed by atoms with Gasteiger partial charge in [0, 0.05) is 25.2 Å². The summed E-state index contributed by atoms with van der Waals surface area (Å²) in [6, 6.07) is 12.4. The molecule has 148 valence electrons. The van der Waals surface area contributed by atoms with Crippen molar-refractivity contribution in [1.29, 1.82) is 0 Å². The molecule has 3 amide bonds. The molecule has 1 aliphatic heterocycles. The van der Waals surface area contributed by atoms with Crippen molar-refractivity contribution < 1.29 is 23.8 Å². The average molecular weight is 385 g/mol. The van der Waals surface area contributed by atoms with Crippen LogP contribution in [-0.2, 0) is 11.3 Å². The molecule has 2 aromatic carbocycles. The van der Waals surface area contributed by atoms with Gasteiger partial charge in [-0.2, -0.15) is 0 Å². The number of nitrogens with zero attached hydrogens (tertiary/aromatic N) is 1. The normalized spacial score (nSPS) is 13.1. The largest absolute Gasteiger partial charge is 0.493 e. The fourth-order valence-electron chi connectivity index (χ4n) is 2.96. The van der Waals surface area contributed by atoms with Crippen LogP contribution in [0, 0.1) is 0 Å². The first kappa shape index (κ1) is 19.3. The molecular formula is C20H23N3O5. The smallest absolute Gasteiger partial charge is 0.319 e. The quantitative estimate of drug-likeness (QED) is 0.796. The number of amides is 3. The van der Waals surface area contributed by atoms with Crippen LogP contribution in [0.4, 0.5) is 10.5 Å². The first-order chi connectivity index (χ1) is 13.6. The van der Waals surface area contributed by atoms with Crippen molar-refractivity contribution in [2.45, 2.75) is 6.54 Å². The summed E-state index contributed by atoms with van der Waals surface area (Å²) in [6.07, 6.45) is 0. The minimum Gasteiger partial charge on any atom is -0.493 e. The van der Waals surface area contributed by atoms with E-state index in [2.05, 4.69) is 10.6 Å². The Hall–Kier alpha value is -3.42. The summed E-state index contributed by atoms with van der Waals surface area (Å²) in [4.78, 5) is 26.1. The SMILES string of the molecule is COc1cccc(NC(=O)NCCN2Cc3ccccc3OCC2=O)c1OC. The molecule has 8 heteroatoms. The lowest BCUT2D eigenvalue weighted by molar-refractivity contribution is -0.133. The van der Waals surface area contributed by atoms with Gasteiger partial charge < -0.3 is 29.7 Å². The molecule has 2 aromatic rings. The van der Waals surface area contributed by atoms with Crippen LogP contribution in [0.2, 0.25) is 0 Å². The summed E-state index contributed by atoms with van der Waals surface area (Å²) in [6.45, 7) is 1.11. The van der Waals surface area contributed by atoms with Gasteiger partial charge in [0.25, 0.3) is 5.91 Å². The molecule has 0 radical (unpaired) electrons. The van der Waals surface area contributed by atoms with Crippen LogP contribution in [0.5, 0.6) is 17.2 Å². The van der Waals surface area contributed by atoms with E-state index in [9.17, 15) is 9.59 Å². The van der Waals surface area contributed by atoms with Crippen LogP contribution >= 0.6 is 0 Å². The molecule has 0 saturated heterocycles. The fraction of sp³-hybridized carbons (Fsp3) is 0.300. The Morgan fingerprint density at radius 1 is 1.14 bits per heavy atom. The van der Waals surface area contributed by atoms with Crippen LogP contribution in [0.15, 0.2) is 42.5 Å². The number of hydrogen-bond donors (Lipinski definition) is 2. The molecule has 0 fully saturated rings. The maximum absolute atomic E-state index is 12.2. The van der Waals surface area contributed by atoms with Gasteiger partial charge in [0.05, 0.1) is 19.9 Å². The molecular weight excluding hydrogens is 362 g/mol. The highest BCUT2D eigenvalue weighted by atomic mass is 16.5. The van der Waals surface area contributed by atoms with Gasteiger partial charge in [-0.05, 0) is 18.2 Å². The molecule has 0 atom stereocenters. The highest BCUT2D eigenvalue weighted by Gasteiger charge is 2.21. The van der Waals surface area contributed by atoms with Gasteiger partial charge in [-0.3, -0.25) is 4.79 Å². The van der Waals surface area contributed by atoms with Crippen molar-refractivity contribution in [2.75, 3.05) is 39.2 Å². The van der Waals surface area contributed by atoms with E-state index in [4.69, 9.17) is 14.2 Å². The summed E-state index contributed by atoms with van der Waals surface area (Å²) >= 11 is 0. The molecule has 0 aromatic heterocycles. The molecule has 2 N–H and O–H groups in total. The third kappa shape index (κ3) is 4.46. The molecule has 0 unspecified atom stereocenters. The number of methoxy groups -OCH3 is 2. The summed E-state index contributed by atoms with van der Waals surface area (Å²) in [5.41, 5.74) is 1.44. The molecule has 0 spiro atoms. The number of hydrogen-bond acceptors (Lipinski definition) is 5. The molecule has 3 rings (SSSR count). The van der Waals surface area contributed by atoms with E-state index in [1.165, 1.54) is 14.2 Å². The van der Waals surface area contributed by atoms with E-state index in [0.717, 1.165) is 5.56 Å². The summed E-state index contributed by atoms with van der Waals surface area (Å²) < 4.78 is 16.0. The van der Waals surface area contributed by atoms with Crippen LogP contribution in [-0.4, -0.2) is 50.8 Å².